The molecule has 0 bridgehead atoms. The maximum absolute atomic E-state index is 13.7. The summed E-state index contributed by atoms with van der Waals surface area (Å²) in [5, 5.41) is 3.64. The highest BCUT2D eigenvalue weighted by Crippen LogP contribution is 2.36. The average Bonchev–Trinajstić information content (AvgIpc) is 2.69. The summed E-state index contributed by atoms with van der Waals surface area (Å²) < 4.78 is 15.0. The summed E-state index contributed by atoms with van der Waals surface area (Å²) in [7, 11) is 1.80. The van der Waals surface area contributed by atoms with Crippen molar-refractivity contribution in [3.8, 4) is 0 Å². The minimum atomic E-state index is -0.276. The van der Waals surface area contributed by atoms with Crippen molar-refractivity contribution < 1.29 is 4.39 Å². The van der Waals surface area contributed by atoms with Gasteiger partial charge in [0.25, 0.3) is 0 Å². The number of likely N-dealkylation sites (N-methyl/N-ethyl adjacent to an activating group) is 1. The highest BCUT2D eigenvalue weighted by molar-refractivity contribution is 7.20. The molecule has 1 aromatic carbocycles. The third-order valence-corrected chi connectivity index (χ3v) is 4.59. The number of hydrogen-bond acceptors (Lipinski definition) is 2. The summed E-state index contributed by atoms with van der Waals surface area (Å²) >= 11 is 19.3. The van der Waals surface area contributed by atoms with Crippen LogP contribution in [0.1, 0.15) is 17.2 Å². The number of rotatable bonds is 4. The lowest BCUT2D eigenvalue weighted by Crippen LogP contribution is -2.19. The van der Waals surface area contributed by atoms with Crippen LogP contribution in [0.2, 0.25) is 13.7 Å². The van der Waals surface area contributed by atoms with Gasteiger partial charge >= 0.3 is 0 Å². The van der Waals surface area contributed by atoms with Crippen LogP contribution in [0.15, 0.2) is 24.3 Å². The van der Waals surface area contributed by atoms with Gasteiger partial charge in [0.05, 0.1) is 8.67 Å². The monoisotopic (exact) mass is 337 g/mol. The van der Waals surface area contributed by atoms with Crippen LogP contribution in [0.4, 0.5) is 4.39 Å². The van der Waals surface area contributed by atoms with Crippen LogP contribution in [-0.2, 0) is 6.42 Å². The normalized spacial score (nSPS) is 12.7. The smallest absolute Gasteiger partial charge is 0.126 e. The molecule has 0 fully saturated rings. The van der Waals surface area contributed by atoms with Crippen molar-refractivity contribution >= 4 is 46.1 Å². The van der Waals surface area contributed by atoms with Crippen molar-refractivity contribution in [3.63, 3.8) is 0 Å². The molecule has 0 saturated heterocycles. The molecule has 102 valence electrons. The molecule has 1 unspecified atom stereocenters. The first kappa shape index (κ1) is 15.1. The molecular formula is C13H11Cl3FNS. The molecule has 0 amide bonds. The Balaban J connectivity index is 2.29. The lowest BCUT2D eigenvalue weighted by molar-refractivity contribution is 0.555. The summed E-state index contributed by atoms with van der Waals surface area (Å²) in [6.45, 7) is 0. The van der Waals surface area contributed by atoms with E-state index in [0.717, 1.165) is 5.56 Å². The van der Waals surface area contributed by atoms with Crippen LogP contribution < -0.4 is 5.32 Å². The van der Waals surface area contributed by atoms with Crippen molar-refractivity contribution in [3.05, 3.63) is 54.9 Å². The second-order valence-corrected chi connectivity index (χ2v) is 6.78. The van der Waals surface area contributed by atoms with Gasteiger partial charge in [-0.3, -0.25) is 0 Å². The third kappa shape index (κ3) is 3.61. The van der Waals surface area contributed by atoms with E-state index in [9.17, 15) is 4.39 Å². The molecule has 0 spiro atoms. The first-order chi connectivity index (χ1) is 9.01. The molecule has 0 radical (unpaired) electrons. The zero-order valence-corrected chi connectivity index (χ0v) is 13.1. The molecule has 1 heterocycles. The minimum absolute atomic E-state index is 0.107. The number of benzene rings is 1. The maximum Gasteiger partial charge on any atom is 0.126 e. The minimum Gasteiger partial charge on any atom is -0.313 e. The van der Waals surface area contributed by atoms with Crippen molar-refractivity contribution in [1.29, 1.82) is 0 Å². The fourth-order valence-corrected chi connectivity index (χ4v) is 3.65. The SMILES string of the molecule is CNC(Cc1cc(Cl)ccc1F)c1cc(Cl)sc1Cl. The second-order valence-electron chi connectivity index (χ2n) is 4.06. The average molecular weight is 339 g/mol. The number of nitrogens with one attached hydrogen (secondary N) is 1. The predicted octanol–water partition coefficient (Wildman–Crippen LogP) is 5.35. The van der Waals surface area contributed by atoms with E-state index in [1.807, 2.05) is 0 Å². The predicted molar refractivity (Wildman–Crippen MR) is 81.3 cm³/mol. The summed E-state index contributed by atoms with van der Waals surface area (Å²) in [6.07, 6.45) is 0.454. The molecule has 0 saturated carbocycles. The number of thiophene rings is 1. The number of hydrogen-bond donors (Lipinski definition) is 1. The van der Waals surface area contributed by atoms with Gasteiger partial charge in [0.2, 0.25) is 0 Å². The Kier molecular flexibility index (Phi) is 5.09. The first-order valence-corrected chi connectivity index (χ1v) is 7.52. The quantitative estimate of drug-likeness (QED) is 0.792. The van der Waals surface area contributed by atoms with E-state index in [-0.39, 0.29) is 11.9 Å². The second kappa shape index (κ2) is 6.42. The summed E-state index contributed by atoms with van der Waals surface area (Å²) in [4.78, 5) is 0. The molecule has 2 aromatic rings. The topological polar surface area (TPSA) is 12.0 Å². The van der Waals surface area contributed by atoms with E-state index < -0.39 is 0 Å². The van der Waals surface area contributed by atoms with Crippen molar-refractivity contribution in [2.45, 2.75) is 12.5 Å². The lowest BCUT2D eigenvalue weighted by atomic mass is 10.0. The van der Waals surface area contributed by atoms with E-state index in [1.54, 1.807) is 19.2 Å². The third-order valence-electron chi connectivity index (χ3n) is 2.84. The molecule has 6 heteroatoms. The molecule has 1 aromatic heterocycles. The van der Waals surface area contributed by atoms with Gasteiger partial charge in [-0.25, -0.2) is 4.39 Å². The Morgan fingerprint density at radius 1 is 1.26 bits per heavy atom. The standard InChI is InChI=1S/C13H11Cl3FNS/c1-18-11(9-6-12(15)19-13(9)16)5-7-4-8(14)2-3-10(7)17/h2-4,6,11,18H,5H2,1H3. The molecule has 2 rings (SSSR count). The fourth-order valence-electron chi connectivity index (χ4n) is 1.88. The molecule has 0 aliphatic carbocycles. The van der Waals surface area contributed by atoms with Crippen LogP contribution in [0.5, 0.6) is 0 Å². The fraction of sp³-hybridized carbons (Fsp3) is 0.231. The van der Waals surface area contributed by atoms with Gasteiger partial charge < -0.3 is 5.32 Å². The molecule has 1 N–H and O–H groups in total. The van der Waals surface area contributed by atoms with E-state index >= 15 is 0 Å². The first-order valence-electron chi connectivity index (χ1n) is 5.57. The van der Waals surface area contributed by atoms with E-state index in [2.05, 4.69) is 5.32 Å². The van der Waals surface area contributed by atoms with E-state index in [1.165, 1.54) is 23.5 Å². The van der Waals surface area contributed by atoms with Crippen LogP contribution in [-0.4, -0.2) is 7.05 Å². The van der Waals surface area contributed by atoms with Crippen LogP contribution in [0.3, 0.4) is 0 Å². The Hall–Kier alpha value is -0.320. The molecule has 1 nitrogen and oxygen atoms in total. The van der Waals surface area contributed by atoms with Gasteiger partial charge in [0.1, 0.15) is 5.82 Å². The van der Waals surface area contributed by atoms with Gasteiger partial charge in [0.15, 0.2) is 0 Å². The van der Waals surface area contributed by atoms with Crippen molar-refractivity contribution in [2.24, 2.45) is 0 Å². The Bertz CT molecular complexity index is 585. The zero-order valence-electron chi connectivity index (χ0n) is 10.0. The highest BCUT2D eigenvalue weighted by atomic mass is 35.5. The molecule has 0 aliphatic rings. The molecule has 0 aliphatic heterocycles. The highest BCUT2D eigenvalue weighted by Gasteiger charge is 2.18. The lowest BCUT2D eigenvalue weighted by Gasteiger charge is -2.16. The van der Waals surface area contributed by atoms with E-state index in [4.69, 9.17) is 34.8 Å². The van der Waals surface area contributed by atoms with E-state index in [0.29, 0.717) is 25.7 Å². The Morgan fingerprint density at radius 2 is 2.00 bits per heavy atom. The van der Waals surface area contributed by atoms with Crippen molar-refractivity contribution in [1.82, 2.24) is 5.32 Å². The van der Waals surface area contributed by atoms with Crippen LogP contribution in [0.25, 0.3) is 0 Å². The largest absolute Gasteiger partial charge is 0.313 e. The van der Waals surface area contributed by atoms with Crippen molar-refractivity contribution in [2.75, 3.05) is 7.05 Å². The van der Waals surface area contributed by atoms with Crippen LogP contribution >= 0.6 is 46.1 Å². The summed E-state index contributed by atoms with van der Waals surface area (Å²) in [5.41, 5.74) is 1.42. The number of halogens is 4. The molecule has 1 atom stereocenters. The molecule has 19 heavy (non-hydrogen) atoms. The van der Waals surface area contributed by atoms with Gasteiger partial charge in [-0.05, 0) is 43.3 Å². The Labute approximate surface area is 130 Å². The molecular weight excluding hydrogens is 328 g/mol. The Morgan fingerprint density at radius 3 is 2.58 bits per heavy atom. The van der Waals surface area contributed by atoms with Gasteiger partial charge in [0, 0.05) is 16.6 Å². The van der Waals surface area contributed by atoms with Gasteiger partial charge in [-0.15, -0.1) is 11.3 Å². The summed E-state index contributed by atoms with van der Waals surface area (Å²) in [6, 6.07) is 6.22. The summed E-state index contributed by atoms with van der Waals surface area (Å²) in [5.74, 6) is -0.276. The zero-order chi connectivity index (χ0) is 14.0. The van der Waals surface area contributed by atoms with Gasteiger partial charge in [-0.2, -0.15) is 0 Å². The van der Waals surface area contributed by atoms with Gasteiger partial charge in [-0.1, -0.05) is 34.8 Å². The van der Waals surface area contributed by atoms with Crippen LogP contribution in [0, 0.1) is 5.82 Å². The maximum atomic E-state index is 13.7.